The summed E-state index contributed by atoms with van der Waals surface area (Å²) in [7, 11) is 1.61. The Bertz CT molecular complexity index is 864. The number of aromatic nitrogens is 2. The number of methoxy groups -OCH3 is 1. The van der Waals surface area contributed by atoms with Crippen molar-refractivity contribution in [2.24, 2.45) is 4.99 Å². The molecule has 0 aliphatic rings. The molecular weight excluding hydrogens is 302 g/mol. The molecule has 0 spiro atoms. The number of ether oxygens (including phenoxy) is 1. The number of nitrogens with zero attached hydrogens (tertiary/aromatic N) is 3. The Morgan fingerprint density at radius 1 is 1.08 bits per heavy atom. The van der Waals surface area contributed by atoms with Gasteiger partial charge in [0.25, 0.3) is 5.91 Å². The molecule has 0 unspecified atom stereocenters. The van der Waals surface area contributed by atoms with Gasteiger partial charge in [-0.1, -0.05) is 30.3 Å². The van der Waals surface area contributed by atoms with E-state index in [2.05, 4.69) is 10.1 Å². The van der Waals surface area contributed by atoms with Crippen molar-refractivity contribution in [1.82, 2.24) is 9.78 Å². The molecule has 0 aliphatic heterocycles. The first-order valence-corrected chi connectivity index (χ1v) is 7.55. The molecule has 3 aromatic rings. The van der Waals surface area contributed by atoms with Crippen molar-refractivity contribution < 1.29 is 9.53 Å². The lowest BCUT2D eigenvalue weighted by atomic mass is 10.1. The summed E-state index contributed by atoms with van der Waals surface area (Å²) in [4.78, 5) is 16.1. The number of amides is 1. The summed E-state index contributed by atoms with van der Waals surface area (Å²) in [5.74, 6) is 0.556. The predicted molar refractivity (Wildman–Crippen MR) is 90.8 cm³/mol. The highest BCUT2D eigenvalue weighted by Crippen LogP contribution is 2.11. The van der Waals surface area contributed by atoms with Gasteiger partial charge in [-0.05, 0) is 35.9 Å². The first kappa shape index (κ1) is 15.7. The van der Waals surface area contributed by atoms with Crippen molar-refractivity contribution in [1.29, 1.82) is 0 Å². The van der Waals surface area contributed by atoms with Crippen molar-refractivity contribution >= 4 is 5.91 Å². The van der Waals surface area contributed by atoms with Crippen LogP contribution in [0.2, 0.25) is 0 Å². The number of rotatable bonds is 4. The largest absolute Gasteiger partial charge is 0.497 e. The van der Waals surface area contributed by atoms with E-state index >= 15 is 0 Å². The number of para-hydroxylation sites is 1. The van der Waals surface area contributed by atoms with Gasteiger partial charge >= 0.3 is 0 Å². The molecule has 1 amide bonds. The summed E-state index contributed by atoms with van der Waals surface area (Å²) in [6.45, 7) is 0. The molecule has 0 atom stereocenters. The zero-order valence-electron chi connectivity index (χ0n) is 13.3. The smallest absolute Gasteiger partial charge is 0.250 e. The summed E-state index contributed by atoms with van der Waals surface area (Å²) < 4.78 is 6.83. The molecule has 3 rings (SSSR count). The van der Waals surface area contributed by atoms with Crippen molar-refractivity contribution in [3.8, 4) is 11.4 Å². The number of carbonyl (C=O) groups excluding carboxylic acids is 1. The lowest BCUT2D eigenvalue weighted by Gasteiger charge is -2.03. The van der Waals surface area contributed by atoms with E-state index in [-0.39, 0.29) is 12.3 Å². The molecule has 24 heavy (non-hydrogen) atoms. The minimum absolute atomic E-state index is 0.209. The molecule has 0 saturated carbocycles. The molecule has 5 nitrogen and oxygen atoms in total. The van der Waals surface area contributed by atoms with E-state index in [1.807, 2.05) is 54.6 Å². The zero-order valence-corrected chi connectivity index (χ0v) is 13.3. The van der Waals surface area contributed by atoms with Crippen LogP contribution in [0.15, 0.2) is 78.0 Å². The van der Waals surface area contributed by atoms with E-state index < -0.39 is 0 Å². The van der Waals surface area contributed by atoms with Gasteiger partial charge in [-0.15, -0.1) is 0 Å². The first-order valence-electron chi connectivity index (χ1n) is 7.55. The van der Waals surface area contributed by atoms with E-state index in [0.717, 1.165) is 17.0 Å². The van der Waals surface area contributed by atoms with Crippen molar-refractivity contribution in [3.05, 3.63) is 84.0 Å². The van der Waals surface area contributed by atoms with E-state index in [0.29, 0.717) is 5.36 Å². The fraction of sp³-hybridized carbons (Fsp3) is 0.105. The summed E-state index contributed by atoms with van der Waals surface area (Å²) in [6.07, 6.45) is 3.62. The Morgan fingerprint density at radius 2 is 1.83 bits per heavy atom. The maximum Gasteiger partial charge on any atom is 0.250 e. The molecule has 1 heterocycles. The number of benzene rings is 2. The van der Waals surface area contributed by atoms with Crippen LogP contribution in [0, 0.1) is 0 Å². The van der Waals surface area contributed by atoms with Gasteiger partial charge in [0.2, 0.25) is 0 Å². The third kappa shape index (κ3) is 3.95. The molecule has 0 aliphatic carbocycles. The third-order valence-corrected chi connectivity index (χ3v) is 3.49. The number of hydrogen-bond donors (Lipinski definition) is 0. The maximum absolute atomic E-state index is 12.1. The Kier molecular flexibility index (Phi) is 4.81. The molecular formula is C19H17N3O2. The van der Waals surface area contributed by atoms with Crippen LogP contribution in [0.3, 0.4) is 0 Å². The molecule has 0 radical (unpaired) electrons. The Hall–Kier alpha value is -3.21. The predicted octanol–water partition coefficient (Wildman–Crippen LogP) is 2.55. The molecule has 0 saturated heterocycles. The van der Waals surface area contributed by atoms with Crippen molar-refractivity contribution in [2.75, 3.05) is 7.11 Å². The molecule has 0 bridgehead atoms. The molecule has 120 valence electrons. The van der Waals surface area contributed by atoms with Gasteiger partial charge in [-0.3, -0.25) is 4.79 Å². The van der Waals surface area contributed by atoms with Gasteiger partial charge in [0.1, 0.15) is 5.75 Å². The van der Waals surface area contributed by atoms with Gasteiger partial charge < -0.3 is 4.74 Å². The van der Waals surface area contributed by atoms with Crippen LogP contribution < -0.4 is 10.1 Å². The standard InChI is InChI=1S/C19H17N3O2/c1-24-18-9-7-15(8-10-18)13-19(23)21-16-11-12-22(20-14-16)17-5-3-2-4-6-17/h2-12,14H,13H2,1H3. The summed E-state index contributed by atoms with van der Waals surface area (Å²) >= 11 is 0. The molecule has 1 aromatic heterocycles. The highest BCUT2D eigenvalue weighted by molar-refractivity contribution is 5.79. The summed E-state index contributed by atoms with van der Waals surface area (Å²) in [5.41, 5.74) is 1.85. The van der Waals surface area contributed by atoms with E-state index in [1.165, 1.54) is 0 Å². The average Bonchev–Trinajstić information content (AvgIpc) is 2.64. The van der Waals surface area contributed by atoms with E-state index in [4.69, 9.17) is 4.74 Å². The van der Waals surface area contributed by atoms with Crippen LogP contribution >= 0.6 is 0 Å². The second-order valence-electron chi connectivity index (χ2n) is 5.20. The van der Waals surface area contributed by atoms with Gasteiger partial charge in [-0.2, -0.15) is 5.10 Å². The minimum Gasteiger partial charge on any atom is -0.497 e. The Morgan fingerprint density at radius 3 is 2.46 bits per heavy atom. The first-order chi connectivity index (χ1) is 11.7. The average molecular weight is 319 g/mol. The van der Waals surface area contributed by atoms with Crippen LogP contribution in [-0.2, 0) is 11.2 Å². The normalized spacial score (nSPS) is 11.3. The number of carbonyl (C=O) groups is 1. The summed E-state index contributed by atoms with van der Waals surface area (Å²) in [6, 6.07) is 18.9. The monoisotopic (exact) mass is 319 g/mol. The van der Waals surface area contributed by atoms with Crippen LogP contribution in [0.4, 0.5) is 0 Å². The lowest BCUT2D eigenvalue weighted by molar-refractivity contribution is -0.117. The van der Waals surface area contributed by atoms with E-state index in [9.17, 15) is 4.79 Å². The van der Waals surface area contributed by atoms with E-state index in [1.54, 1.807) is 30.3 Å². The van der Waals surface area contributed by atoms with Gasteiger partial charge in [-0.25, -0.2) is 9.67 Å². The topological polar surface area (TPSA) is 56.5 Å². The van der Waals surface area contributed by atoms with Crippen LogP contribution in [0.1, 0.15) is 5.56 Å². The maximum atomic E-state index is 12.1. The van der Waals surface area contributed by atoms with Crippen LogP contribution in [0.5, 0.6) is 5.75 Å². The fourth-order valence-corrected chi connectivity index (χ4v) is 2.25. The minimum atomic E-state index is -0.209. The third-order valence-electron chi connectivity index (χ3n) is 3.49. The molecule has 5 heteroatoms. The van der Waals surface area contributed by atoms with Crippen LogP contribution in [0.25, 0.3) is 5.69 Å². The van der Waals surface area contributed by atoms with Crippen molar-refractivity contribution in [3.63, 3.8) is 0 Å². The second-order valence-corrected chi connectivity index (χ2v) is 5.20. The molecule has 2 aromatic carbocycles. The van der Waals surface area contributed by atoms with Crippen LogP contribution in [-0.4, -0.2) is 22.8 Å². The quantitative estimate of drug-likeness (QED) is 0.742. The van der Waals surface area contributed by atoms with Gasteiger partial charge in [0.05, 0.1) is 30.8 Å². The highest BCUT2D eigenvalue weighted by atomic mass is 16.5. The Balaban J connectivity index is 1.72. The molecule has 0 fully saturated rings. The number of hydrogen-bond acceptors (Lipinski definition) is 3. The highest BCUT2D eigenvalue weighted by Gasteiger charge is 2.02. The van der Waals surface area contributed by atoms with Gasteiger partial charge in [0.15, 0.2) is 0 Å². The Labute approximate surface area is 139 Å². The second kappa shape index (κ2) is 7.37. The zero-order chi connectivity index (χ0) is 16.8. The van der Waals surface area contributed by atoms with Gasteiger partial charge in [0, 0.05) is 6.20 Å². The fourth-order valence-electron chi connectivity index (χ4n) is 2.25. The van der Waals surface area contributed by atoms with Crippen molar-refractivity contribution in [2.45, 2.75) is 6.42 Å². The summed E-state index contributed by atoms with van der Waals surface area (Å²) in [5, 5.41) is 4.83. The molecule has 0 N–H and O–H groups in total. The lowest BCUT2D eigenvalue weighted by Crippen LogP contribution is -2.12. The SMILES string of the molecule is COc1ccc(CC(=O)N=c2ccn(-c3ccccc3)nc2)cc1.